The van der Waals surface area contributed by atoms with Crippen molar-refractivity contribution in [3.05, 3.63) is 94.8 Å². The van der Waals surface area contributed by atoms with Gasteiger partial charge in [0.15, 0.2) is 0 Å². The van der Waals surface area contributed by atoms with Crippen molar-refractivity contribution in [1.29, 1.82) is 0 Å². The number of hydrogen-bond acceptors (Lipinski definition) is 4. The smallest absolute Gasteiger partial charge is 0.407 e. The van der Waals surface area contributed by atoms with E-state index in [1.165, 1.54) is 12.1 Å². The molecular weight excluding hydrogens is 493 g/mol. The van der Waals surface area contributed by atoms with Gasteiger partial charge in [-0.05, 0) is 68.5 Å². The van der Waals surface area contributed by atoms with Crippen molar-refractivity contribution in [1.82, 2.24) is 5.32 Å². The van der Waals surface area contributed by atoms with Gasteiger partial charge in [-0.2, -0.15) is 0 Å². The van der Waals surface area contributed by atoms with Crippen molar-refractivity contribution in [3.63, 3.8) is 0 Å². The Kier molecular flexibility index (Phi) is 9.70. The van der Waals surface area contributed by atoms with E-state index in [0.717, 1.165) is 11.1 Å². The third-order valence-corrected chi connectivity index (χ3v) is 5.90. The number of carbonyl (C=O) groups excluding carboxylic acids is 2. The molecule has 0 saturated carbocycles. The van der Waals surface area contributed by atoms with Crippen LogP contribution >= 0.6 is 11.6 Å². The van der Waals surface area contributed by atoms with Gasteiger partial charge in [0, 0.05) is 16.6 Å². The number of alkyl carbamates (subject to hydrolysis) is 1. The highest BCUT2D eigenvalue weighted by Crippen LogP contribution is 2.27. The van der Waals surface area contributed by atoms with E-state index in [2.05, 4.69) is 5.32 Å². The molecule has 0 unspecified atom stereocenters. The molecular formula is C30H33ClFNO4. The maximum atomic E-state index is 14.3. The molecule has 0 bridgehead atoms. The predicted octanol–water partition coefficient (Wildman–Crippen LogP) is 7.35. The summed E-state index contributed by atoms with van der Waals surface area (Å²) in [6, 6.07) is 20.9. The second-order valence-electron chi connectivity index (χ2n) is 10.1. The fraction of sp³-hybridized carbons (Fsp3) is 0.333. The Morgan fingerprint density at radius 1 is 0.973 bits per heavy atom. The molecule has 0 saturated heterocycles. The van der Waals surface area contributed by atoms with Crippen LogP contribution in [0.15, 0.2) is 72.8 Å². The van der Waals surface area contributed by atoms with E-state index in [0.29, 0.717) is 29.0 Å². The van der Waals surface area contributed by atoms with E-state index in [-0.39, 0.29) is 24.4 Å². The Morgan fingerprint density at radius 2 is 1.65 bits per heavy atom. The van der Waals surface area contributed by atoms with Crippen LogP contribution in [0.5, 0.6) is 0 Å². The fourth-order valence-electron chi connectivity index (χ4n) is 3.89. The van der Waals surface area contributed by atoms with Gasteiger partial charge in [-0.25, -0.2) is 9.18 Å². The summed E-state index contributed by atoms with van der Waals surface area (Å²) in [4.78, 5) is 25.2. The van der Waals surface area contributed by atoms with Crippen LogP contribution in [0.3, 0.4) is 0 Å². The van der Waals surface area contributed by atoms with Gasteiger partial charge < -0.3 is 14.8 Å². The first-order valence-electron chi connectivity index (χ1n) is 12.2. The summed E-state index contributed by atoms with van der Waals surface area (Å²) in [7, 11) is 0. The molecule has 37 heavy (non-hydrogen) atoms. The lowest BCUT2D eigenvalue weighted by Crippen LogP contribution is -2.41. The minimum atomic E-state index is -0.655. The van der Waals surface area contributed by atoms with E-state index in [4.69, 9.17) is 21.1 Å². The highest BCUT2D eigenvalue weighted by molar-refractivity contribution is 6.30. The van der Waals surface area contributed by atoms with Crippen LogP contribution in [-0.4, -0.2) is 23.7 Å². The van der Waals surface area contributed by atoms with Crippen LogP contribution in [0.2, 0.25) is 5.02 Å². The molecule has 3 rings (SSSR count). The first-order valence-corrected chi connectivity index (χ1v) is 12.6. The zero-order valence-corrected chi connectivity index (χ0v) is 22.3. The molecule has 196 valence electrons. The largest absolute Gasteiger partial charge is 0.461 e. The number of rotatable bonds is 9. The molecule has 0 aliphatic heterocycles. The quantitative estimate of drug-likeness (QED) is 0.296. The number of hydrogen-bond donors (Lipinski definition) is 1. The molecule has 0 aliphatic carbocycles. The number of carbonyl (C=O) groups is 2. The monoisotopic (exact) mass is 525 g/mol. The van der Waals surface area contributed by atoms with Crippen LogP contribution < -0.4 is 5.32 Å². The molecule has 0 aliphatic rings. The molecule has 0 spiro atoms. The van der Waals surface area contributed by atoms with Gasteiger partial charge in [0.05, 0.1) is 5.92 Å². The summed E-state index contributed by atoms with van der Waals surface area (Å²) in [5.74, 6) is -1.15. The van der Waals surface area contributed by atoms with E-state index >= 15 is 0 Å². The molecule has 2 atom stereocenters. The predicted molar refractivity (Wildman–Crippen MR) is 144 cm³/mol. The standard InChI is InChI=1S/C30H33ClFNO4/c1-20(28(34)36-19-22-8-6-5-7-9-22)16-25(33-29(35)37-30(2,3)4)17-21-10-12-23(13-11-21)26-18-24(31)14-15-27(26)32/h5-15,18,20,25H,16-17,19H2,1-4H3,(H,33,35)/t20-,25-/m0/s1. The Bertz CT molecular complexity index is 1190. The van der Waals surface area contributed by atoms with Crippen LogP contribution in [0.25, 0.3) is 11.1 Å². The maximum Gasteiger partial charge on any atom is 0.407 e. The van der Waals surface area contributed by atoms with Crippen molar-refractivity contribution in [2.75, 3.05) is 0 Å². The number of amides is 1. The van der Waals surface area contributed by atoms with Crippen molar-refractivity contribution in [2.45, 2.75) is 58.8 Å². The minimum absolute atomic E-state index is 0.190. The first-order chi connectivity index (χ1) is 17.5. The molecule has 1 amide bonds. The lowest BCUT2D eigenvalue weighted by Gasteiger charge is -2.25. The Labute approximate surface area is 222 Å². The molecule has 3 aromatic carbocycles. The summed E-state index contributed by atoms with van der Waals surface area (Å²) in [6.45, 7) is 7.34. The summed E-state index contributed by atoms with van der Waals surface area (Å²) in [6.07, 6.45) is 0.255. The van der Waals surface area contributed by atoms with Crippen LogP contribution in [0, 0.1) is 11.7 Å². The summed E-state index contributed by atoms with van der Waals surface area (Å²) >= 11 is 6.04. The third-order valence-electron chi connectivity index (χ3n) is 5.66. The van der Waals surface area contributed by atoms with Gasteiger partial charge in [-0.1, -0.05) is 73.1 Å². The van der Waals surface area contributed by atoms with Crippen molar-refractivity contribution in [2.24, 2.45) is 5.92 Å². The normalized spacial score (nSPS) is 12.9. The zero-order chi connectivity index (χ0) is 27.0. The lowest BCUT2D eigenvalue weighted by atomic mass is 9.95. The van der Waals surface area contributed by atoms with E-state index in [1.807, 2.05) is 54.6 Å². The van der Waals surface area contributed by atoms with Gasteiger partial charge in [0.1, 0.15) is 18.0 Å². The second-order valence-corrected chi connectivity index (χ2v) is 10.5. The Hall–Kier alpha value is -3.38. The van der Waals surface area contributed by atoms with E-state index < -0.39 is 17.6 Å². The zero-order valence-electron chi connectivity index (χ0n) is 21.6. The molecule has 5 nitrogen and oxygen atoms in total. The highest BCUT2D eigenvalue weighted by Gasteiger charge is 2.25. The molecule has 7 heteroatoms. The molecule has 0 heterocycles. The minimum Gasteiger partial charge on any atom is -0.461 e. The SMILES string of the molecule is C[C@@H](C[C@@H](Cc1ccc(-c2cc(Cl)ccc2F)cc1)NC(=O)OC(C)(C)C)C(=O)OCc1ccccc1. The van der Waals surface area contributed by atoms with Gasteiger partial charge in [0.2, 0.25) is 0 Å². The maximum absolute atomic E-state index is 14.3. The molecule has 0 radical (unpaired) electrons. The Balaban J connectivity index is 1.69. The molecule has 1 N–H and O–H groups in total. The second kappa shape index (κ2) is 12.7. The van der Waals surface area contributed by atoms with Crippen LogP contribution in [0.1, 0.15) is 45.2 Å². The Morgan fingerprint density at radius 3 is 2.30 bits per heavy atom. The molecule has 0 aromatic heterocycles. The van der Waals surface area contributed by atoms with Gasteiger partial charge in [-0.3, -0.25) is 4.79 Å². The average molecular weight is 526 g/mol. The third kappa shape index (κ3) is 9.21. The number of esters is 1. The van der Waals surface area contributed by atoms with Crippen molar-refractivity contribution >= 4 is 23.7 Å². The van der Waals surface area contributed by atoms with Crippen LogP contribution in [0.4, 0.5) is 9.18 Å². The van der Waals surface area contributed by atoms with Gasteiger partial charge in [-0.15, -0.1) is 0 Å². The van der Waals surface area contributed by atoms with Gasteiger partial charge >= 0.3 is 12.1 Å². The number of ether oxygens (including phenoxy) is 2. The number of halogens is 2. The summed E-state index contributed by atoms with van der Waals surface area (Å²) in [5.41, 5.74) is 2.27. The summed E-state index contributed by atoms with van der Waals surface area (Å²) < 4.78 is 25.2. The molecule has 3 aromatic rings. The fourth-order valence-corrected chi connectivity index (χ4v) is 4.06. The summed E-state index contributed by atoms with van der Waals surface area (Å²) in [5, 5.41) is 3.35. The van der Waals surface area contributed by atoms with Crippen LogP contribution in [-0.2, 0) is 27.3 Å². The number of nitrogens with one attached hydrogen (secondary N) is 1. The lowest BCUT2D eigenvalue weighted by molar-refractivity contribution is -0.149. The highest BCUT2D eigenvalue weighted by atomic mass is 35.5. The first kappa shape index (κ1) is 28.2. The van der Waals surface area contributed by atoms with E-state index in [9.17, 15) is 14.0 Å². The average Bonchev–Trinajstić information content (AvgIpc) is 2.84. The van der Waals surface area contributed by atoms with Crippen molar-refractivity contribution < 1.29 is 23.5 Å². The van der Waals surface area contributed by atoms with Crippen molar-refractivity contribution in [3.8, 4) is 11.1 Å². The number of benzene rings is 3. The van der Waals surface area contributed by atoms with Gasteiger partial charge in [0.25, 0.3) is 0 Å². The topological polar surface area (TPSA) is 64.6 Å². The molecule has 0 fully saturated rings. The van der Waals surface area contributed by atoms with E-state index in [1.54, 1.807) is 33.8 Å².